The number of carbonyl (C=O) groups is 1. The molecule has 0 atom stereocenters. The molecule has 1 fully saturated rings. The van der Waals surface area contributed by atoms with E-state index in [1.54, 1.807) is 11.9 Å². The van der Waals surface area contributed by atoms with Crippen LogP contribution in [0.5, 0.6) is 0 Å². The van der Waals surface area contributed by atoms with Gasteiger partial charge in [0.15, 0.2) is 0 Å². The van der Waals surface area contributed by atoms with E-state index in [0.717, 1.165) is 13.1 Å². The van der Waals surface area contributed by atoms with Gasteiger partial charge in [-0.25, -0.2) is 4.79 Å². The van der Waals surface area contributed by atoms with Gasteiger partial charge >= 0.3 is 6.03 Å². The summed E-state index contributed by atoms with van der Waals surface area (Å²) in [5.41, 5.74) is 0. The van der Waals surface area contributed by atoms with Crippen molar-refractivity contribution in [2.45, 2.75) is 6.04 Å². The molecule has 13 heavy (non-hydrogen) atoms. The van der Waals surface area contributed by atoms with E-state index in [1.807, 2.05) is 7.05 Å². The van der Waals surface area contributed by atoms with E-state index in [9.17, 15) is 4.79 Å². The van der Waals surface area contributed by atoms with Crippen LogP contribution in [0.2, 0.25) is 0 Å². The van der Waals surface area contributed by atoms with Crippen molar-refractivity contribution < 1.29 is 9.90 Å². The molecule has 5 nitrogen and oxygen atoms in total. The van der Waals surface area contributed by atoms with Crippen LogP contribution in [0.4, 0.5) is 4.79 Å². The maximum Gasteiger partial charge on any atom is 0.317 e. The van der Waals surface area contributed by atoms with E-state index >= 15 is 0 Å². The Kier molecular flexibility index (Phi) is 3.50. The Morgan fingerprint density at radius 2 is 2.31 bits per heavy atom. The molecule has 0 unspecified atom stereocenters. The molecule has 0 radical (unpaired) electrons. The van der Waals surface area contributed by atoms with E-state index in [4.69, 9.17) is 5.11 Å². The van der Waals surface area contributed by atoms with Crippen molar-refractivity contribution in [1.29, 1.82) is 0 Å². The number of nitrogens with zero attached hydrogens (tertiary/aromatic N) is 2. The summed E-state index contributed by atoms with van der Waals surface area (Å²) >= 11 is 0. The third-order valence-corrected chi connectivity index (χ3v) is 2.44. The normalized spacial score (nSPS) is 17.4. The van der Waals surface area contributed by atoms with Gasteiger partial charge in [-0.2, -0.15) is 0 Å². The predicted molar refractivity (Wildman–Crippen MR) is 49.5 cm³/mol. The van der Waals surface area contributed by atoms with Gasteiger partial charge in [-0.1, -0.05) is 0 Å². The van der Waals surface area contributed by atoms with Crippen LogP contribution in [-0.4, -0.2) is 67.3 Å². The van der Waals surface area contributed by atoms with Gasteiger partial charge in [0.05, 0.1) is 6.61 Å². The van der Waals surface area contributed by atoms with Crippen LogP contribution in [0.3, 0.4) is 0 Å². The third-order valence-electron chi connectivity index (χ3n) is 2.44. The summed E-state index contributed by atoms with van der Waals surface area (Å²) in [4.78, 5) is 14.9. The van der Waals surface area contributed by atoms with Crippen molar-refractivity contribution in [3.8, 4) is 0 Å². The number of rotatable bonds is 3. The molecule has 5 heteroatoms. The molecule has 2 N–H and O–H groups in total. The minimum Gasteiger partial charge on any atom is -0.395 e. The highest BCUT2D eigenvalue weighted by Gasteiger charge is 2.32. The van der Waals surface area contributed by atoms with Crippen molar-refractivity contribution in [2.75, 3.05) is 40.3 Å². The lowest BCUT2D eigenvalue weighted by atomic mass is 10.1. The minimum absolute atomic E-state index is 0.0198. The molecule has 0 aliphatic carbocycles. The molecule has 0 aromatic rings. The molecule has 1 aliphatic heterocycles. The van der Waals surface area contributed by atoms with Gasteiger partial charge in [0.25, 0.3) is 0 Å². The van der Waals surface area contributed by atoms with Gasteiger partial charge in [0, 0.05) is 32.7 Å². The summed E-state index contributed by atoms with van der Waals surface area (Å²) < 4.78 is 0. The van der Waals surface area contributed by atoms with Crippen LogP contribution < -0.4 is 5.32 Å². The van der Waals surface area contributed by atoms with Crippen LogP contribution >= 0.6 is 0 Å². The molecule has 2 amide bonds. The Hall–Kier alpha value is -0.810. The molecular formula is C8H17N3O2. The van der Waals surface area contributed by atoms with Crippen LogP contribution in [-0.2, 0) is 0 Å². The Morgan fingerprint density at radius 1 is 1.69 bits per heavy atom. The fraction of sp³-hybridized carbons (Fsp3) is 0.875. The van der Waals surface area contributed by atoms with Gasteiger partial charge in [0.1, 0.15) is 0 Å². The number of aliphatic hydroxyl groups excluding tert-OH is 1. The molecular weight excluding hydrogens is 170 g/mol. The van der Waals surface area contributed by atoms with Gasteiger partial charge in [-0.3, -0.25) is 4.90 Å². The standard InChI is InChI=1S/C8H17N3O2/c1-9-8(13)11-5-7(6-11)10(2)3-4-12/h7,12H,3-6H2,1-2H3,(H,9,13). The summed E-state index contributed by atoms with van der Waals surface area (Å²) in [6, 6.07) is 0.387. The molecule has 0 aromatic carbocycles. The number of carbonyl (C=O) groups excluding carboxylic acids is 1. The zero-order chi connectivity index (χ0) is 9.84. The van der Waals surface area contributed by atoms with Gasteiger partial charge in [-0.05, 0) is 7.05 Å². The van der Waals surface area contributed by atoms with E-state index in [2.05, 4.69) is 10.2 Å². The second-order valence-corrected chi connectivity index (χ2v) is 3.32. The number of hydrogen-bond acceptors (Lipinski definition) is 3. The van der Waals surface area contributed by atoms with Crippen LogP contribution in [0.15, 0.2) is 0 Å². The van der Waals surface area contributed by atoms with Crippen molar-refractivity contribution in [2.24, 2.45) is 0 Å². The topological polar surface area (TPSA) is 55.8 Å². The quantitative estimate of drug-likeness (QED) is 0.592. The Bertz CT molecular complexity index is 180. The molecule has 1 rings (SSSR count). The highest BCUT2D eigenvalue weighted by atomic mass is 16.3. The summed E-state index contributed by atoms with van der Waals surface area (Å²) in [6.07, 6.45) is 0. The van der Waals surface area contributed by atoms with Crippen LogP contribution in [0.25, 0.3) is 0 Å². The lowest BCUT2D eigenvalue weighted by Crippen LogP contribution is -2.62. The first kappa shape index (κ1) is 10.3. The number of likely N-dealkylation sites (tertiary alicyclic amines) is 1. The molecule has 0 bridgehead atoms. The maximum atomic E-state index is 11.1. The molecule has 0 saturated carbocycles. The second-order valence-electron chi connectivity index (χ2n) is 3.32. The molecule has 1 heterocycles. The Morgan fingerprint density at radius 3 is 2.77 bits per heavy atom. The first-order chi connectivity index (χ1) is 6.19. The first-order valence-electron chi connectivity index (χ1n) is 4.46. The monoisotopic (exact) mass is 187 g/mol. The summed E-state index contributed by atoms with van der Waals surface area (Å²) in [5.74, 6) is 0. The van der Waals surface area contributed by atoms with Crippen molar-refractivity contribution in [1.82, 2.24) is 15.1 Å². The van der Waals surface area contributed by atoms with Gasteiger partial charge < -0.3 is 15.3 Å². The largest absolute Gasteiger partial charge is 0.395 e. The highest BCUT2D eigenvalue weighted by molar-refractivity contribution is 5.74. The van der Waals surface area contributed by atoms with Gasteiger partial charge in [0.2, 0.25) is 0 Å². The number of urea groups is 1. The fourth-order valence-electron chi connectivity index (χ4n) is 1.40. The average Bonchev–Trinajstić information content (AvgIpc) is 2.01. The molecule has 1 aliphatic rings. The summed E-state index contributed by atoms with van der Waals surface area (Å²) in [6.45, 7) is 2.37. The highest BCUT2D eigenvalue weighted by Crippen LogP contribution is 2.12. The Balaban J connectivity index is 2.21. The zero-order valence-electron chi connectivity index (χ0n) is 8.16. The zero-order valence-corrected chi connectivity index (χ0v) is 8.16. The van der Waals surface area contributed by atoms with Crippen LogP contribution in [0, 0.1) is 0 Å². The molecule has 0 aromatic heterocycles. The summed E-state index contributed by atoms with van der Waals surface area (Å²) in [7, 11) is 3.59. The number of amides is 2. The second kappa shape index (κ2) is 4.43. The van der Waals surface area contributed by atoms with E-state index in [0.29, 0.717) is 12.6 Å². The molecule has 76 valence electrons. The van der Waals surface area contributed by atoms with Crippen molar-refractivity contribution >= 4 is 6.03 Å². The summed E-state index contributed by atoms with van der Waals surface area (Å²) in [5, 5.41) is 11.3. The average molecular weight is 187 g/mol. The SMILES string of the molecule is CNC(=O)N1CC(N(C)CCO)C1. The fourth-order valence-corrected chi connectivity index (χ4v) is 1.40. The first-order valence-corrected chi connectivity index (χ1v) is 4.46. The van der Waals surface area contributed by atoms with Gasteiger partial charge in [-0.15, -0.1) is 0 Å². The van der Waals surface area contributed by atoms with E-state index in [-0.39, 0.29) is 12.6 Å². The maximum absolute atomic E-state index is 11.1. The molecule has 0 spiro atoms. The minimum atomic E-state index is -0.0198. The van der Waals surface area contributed by atoms with Crippen molar-refractivity contribution in [3.63, 3.8) is 0 Å². The lowest BCUT2D eigenvalue weighted by Gasteiger charge is -2.43. The number of nitrogens with one attached hydrogen (secondary N) is 1. The lowest BCUT2D eigenvalue weighted by molar-refractivity contribution is 0.0633. The number of hydrogen-bond donors (Lipinski definition) is 2. The predicted octanol–water partition coefficient (Wildman–Crippen LogP) is -1.07. The Labute approximate surface area is 78.3 Å². The van der Waals surface area contributed by atoms with E-state index in [1.165, 1.54) is 0 Å². The van der Waals surface area contributed by atoms with E-state index < -0.39 is 0 Å². The van der Waals surface area contributed by atoms with Crippen molar-refractivity contribution in [3.05, 3.63) is 0 Å². The van der Waals surface area contributed by atoms with Crippen LogP contribution in [0.1, 0.15) is 0 Å². The number of aliphatic hydroxyl groups is 1. The molecule has 1 saturated heterocycles. The smallest absolute Gasteiger partial charge is 0.317 e. The third kappa shape index (κ3) is 2.32. The number of likely N-dealkylation sites (N-methyl/N-ethyl adjacent to an activating group) is 1.